The van der Waals surface area contributed by atoms with Crippen LogP contribution >= 0.6 is 6.04 Å². The lowest BCUT2D eigenvalue weighted by Crippen LogP contribution is -2.03. The fourth-order valence-electron chi connectivity index (χ4n) is 4.80. The van der Waals surface area contributed by atoms with Crippen molar-refractivity contribution >= 4 is 23.2 Å². The predicted octanol–water partition coefficient (Wildman–Crippen LogP) is 7.66. The monoisotopic (exact) mass is 386 g/mol. The van der Waals surface area contributed by atoms with Crippen LogP contribution in [-0.2, 0) is 11.8 Å². The molecule has 0 bridgehead atoms. The summed E-state index contributed by atoms with van der Waals surface area (Å²) in [7, 11) is 0. The lowest BCUT2D eigenvalue weighted by molar-refractivity contribution is 0.539. The SMILES string of the molecule is CC(C)(C)C1=C(c2ccccc2)P1(=S)C1c2ccccc2-c2ccccc21. The van der Waals surface area contributed by atoms with E-state index < -0.39 is 6.04 Å². The Morgan fingerprint density at radius 1 is 0.704 bits per heavy atom. The van der Waals surface area contributed by atoms with Gasteiger partial charge in [-0.2, -0.15) is 0 Å². The molecule has 0 saturated carbocycles. The molecule has 1 atom stereocenters. The van der Waals surface area contributed by atoms with Crippen molar-refractivity contribution in [2.75, 3.05) is 0 Å². The van der Waals surface area contributed by atoms with Gasteiger partial charge in [-0.05, 0) is 38.5 Å². The number of benzene rings is 3. The molecule has 1 unspecified atom stereocenters. The third-order valence-corrected chi connectivity index (χ3v) is 11.3. The molecule has 2 aliphatic rings. The van der Waals surface area contributed by atoms with Crippen LogP contribution in [0, 0.1) is 5.41 Å². The second kappa shape index (κ2) is 5.77. The first-order chi connectivity index (χ1) is 12.9. The largest absolute Gasteiger partial charge is 0.0869 e. The second-order valence-electron chi connectivity index (χ2n) is 8.55. The smallest absolute Gasteiger partial charge is 0.0467 e. The normalized spacial score (nSPS) is 21.1. The van der Waals surface area contributed by atoms with Gasteiger partial charge in [-0.25, -0.2) is 0 Å². The van der Waals surface area contributed by atoms with Gasteiger partial charge in [0.15, 0.2) is 0 Å². The zero-order valence-electron chi connectivity index (χ0n) is 15.9. The van der Waals surface area contributed by atoms with Crippen molar-refractivity contribution in [2.45, 2.75) is 26.4 Å². The molecule has 0 N–H and O–H groups in total. The number of hydrogen-bond acceptors (Lipinski definition) is 1. The molecule has 5 rings (SSSR count). The van der Waals surface area contributed by atoms with Crippen LogP contribution in [-0.4, -0.2) is 0 Å². The Morgan fingerprint density at radius 2 is 1.19 bits per heavy atom. The molecular formula is C25H23PS. The fourth-order valence-corrected chi connectivity index (χ4v) is 11.8. The Balaban J connectivity index is 1.75. The molecule has 0 radical (unpaired) electrons. The van der Waals surface area contributed by atoms with Gasteiger partial charge in [-0.1, -0.05) is 111 Å². The summed E-state index contributed by atoms with van der Waals surface area (Å²) >= 11 is 6.62. The number of fused-ring (bicyclic) bond motifs is 3. The van der Waals surface area contributed by atoms with Crippen molar-refractivity contribution < 1.29 is 0 Å². The summed E-state index contributed by atoms with van der Waals surface area (Å²) in [5, 5.41) is 3.01. The van der Waals surface area contributed by atoms with Gasteiger partial charge >= 0.3 is 0 Å². The van der Waals surface area contributed by atoms with Crippen molar-refractivity contribution in [3.63, 3.8) is 0 Å². The van der Waals surface area contributed by atoms with Crippen LogP contribution in [0.25, 0.3) is 16.4 Å². The zero-order valence-corrected chi connectivity index (χ0v) is 17.6. The third kappa shape index (κ3) is 2.38. The van der Waals surface area contributed by atoms with E-state index in [2.05, 4.69) is 99.6 Å². The molecule has 0 fully saturated rings. The van der Waals surface area contributed by atoms with Crippen molar-refractivity contribution in [3.8, 4) is 11.1 Å². The number of hydrogen-bond donors (Lipinski definition) is 0. The molecule has 3 aromatic carbocycles. The zero-order chi connectivity index (χ0) is 18.8. The van der Waals surface area contributed by atoms with Gasteiger partial charge in [0.2, 0.25) is 0 Å². The van der Waals surface area contributed by atoms with Crippen LogP contribution in [0.1, 0.15) is 43.1 Å². The minimum Gasteiger partial charge on any atom is -0.0869 e. The molecule has 0 spiro atoms. The van der Waals surface area contributed by atoms with Crippen LogP contribution in [0.4, 0.5) is 0 Å². The highest BCUT2D eigenvalue weighted by molar-refractivity contribution is 8.26. The minimum atomic E-state index is -1.83. The first kappa shape index (κ1) is 17.2. The molecule has 0 amide bonds. The van der Waals surface area contributed by atoms with E-state index in [0.717, 1.165) is 0 Å². The Labute approximate surface area is 167 Å². The van der Waals surface area contributed by atoms with Crippen LogP contribution in [0.3, 0.4) is 0 Å². The Kier molecular flexibility index (Phi) is 3.67. The lowest BCUT2D eigenvalue weighted by atomic mass is 9.95. The summed E-state index contributed by atoms with van der Waals surface area (Å²) in [5.74, 6) is 0. The third-order valence-electron chi connectivity index (χ3n) is 5.76. The van der Waals surface area contributed by atoms with E-state index in [1.54, 1.807) is 0 Å². The summed E-state index contributed by atoms with van der Waals surface area (Å²) < 4.78 is 0. The van der Waals surface area contributed by atoms with E-state index in [0.29, 0.717) is 5.66 Å². The summed E-state index contributed by atoms with van der Waals surface area (Å²) in [5.41, 5.74) is 7.35. The molecule has 27 heavy (non-hydrogen) atoms. The predicted molar refractivity (Wildman–Crippen MR) is 121 cm³/mol. The molecule has 0 nitrogen and oxygen atoms in total. The standard InChI is InChI=1S/C25H23PS/c1-25(2,3)24-22(17-11-5-4-6-12-17)26(24,27)23-20-15-9-7-13-18(20)19-14-8-10-16-21(19)23/h4-16,23H,1-3H3. The van der Waals surface area contributed by atoms with Crippen molar-refractivity contribution in [2.24, 2.45) is 5.41 Å². The van der Waals surface area contributed by atoms with E-state index >= 15 is 0 Å². The van der Waals surface area contributed by atoms with Gasteiger partial charge in [-0.15, -0.1) is 0 Å². The van der Waals surface area contributed by atoms with E-state index in [1.165, 1.54) is 38.4 Å². The van der Waals surface area contributed by atoms with Crippen molar-refractivity contribution in [1.82, 2.24) is 0 Å². The molecule has 0 saturated heterocycles. The van der Waals surface area contributed by atoms with Gasteiger partial charge in [0.1, 0.15) is 0 Å². The first-order valence-corrected chi connectivity index (χ1v) is 12.4. The molecule has 0 aromatic heterocycles. The van der Waals surface area contributed by atoms with E-state index in [9.17, 15) is 0 Å². The summed E-state index contributed by atoms with van der Waals surface area (Å²) in [6, 6.07) is 26.8. The van der Waals surface area contributed by atoms with Crippen LogP contribution in [0.15, 0.2) is 84.2 Å². The highest BCUT2D eigenvalue weighted by Crippen LogP contribution is 2.92. The lowest BCUT2D eigenvalue weighted by Gasteiger charge is -2.24. The molecule has 3 aromatic rings. The fraction of sp³-hybridized carbons (Fsp3) is 0.200. The number of allylic oxidation sites excluding steroid dienone is 1. The molecule has 134 valence electrons. The molecule has 1 heterocycles. The summed E-state index contributed by atoms with van der Waals surface area (Å²) in [6.07, 6.45) is 0. The van der Waals surface area contributed by atoms with Gasteiger partial charge in [0, 0.05) is 17.0 Å². The maximum atomic E-state index is 6.62. The highest BCUT2D eigenvalue weighted by Gasteiger charge is 2.56. The van der Waals surface area contributed by atoms with E-state index in [4.69, 9.17) is 11.8 Å². The van der Waals surface area contributed by atoms with Gasteiger partial charge < -0.3 is 0 Å². The van der Waals surface area contributed by atoms with E-state index in [-0.39, 0.29) is 5.41 Å². The topological polar surface area (TPSA) is 0 Å². The summed E-state index contributed by atoms with van der Waals surface area (Å²) in [6.45, 7) is 6.98. The van der Waals surface area contributed by atoms with E-state index in [1.807, 2.05) is 0 Å². The highest BCUT2D eigenvalue weighted by atomic mass is 32.4. The van der Waals surface area contributed by atoms with Crippen LogP contribution in [0.5, 0.6) is 0 Å². The van der Waals surface area contributed by atoms with Gasteiger partial charge in [0.25, 0.3) is 0 Å². The minimum absolute atomic E-state index is 0.104. The summed E-state index contributed by atoms with van der Waals surface area (Å²) in [4.78, 5) is 0. The Hall–Kier alpha value is -1.95. The number of rotatable bonds is 2. The second-order valence-corrected chi connectivity index (χ2v) is 13.0. The molecular weight excluding hydrogens is 363 g/mol. The van der Waals surface area contributed by atoms with Crippen molar-refractivity contribution in [1.29, 1.82) is 0 Å². The van der Waals surface area contributed by atoms with Gasteiger partial charge in [-0.3, -0.25) is 0 Å². The average Bonchev–Trinajstić information content (AvgIpc) is 3.17. The van der Waals surface area contributed by atoms with Crippen molar-refractivity contribution in [3.05, 3.63) is 101 Å². The molecule has 1 aliphatic carbocycles. The maximum absolute atomic E-state index is 6.62. The van der Waals surface area contributed by atoms with Gasteiger partial charge in [0.05, 0.1) is 0 Å². The first-order valence-electron chi connectivity index (χ1n) is 9.53. The van der Waals surface area contributed by atoms with Crippen LogP contribution in [0.2, 0.25) is 0 Å². The molecule has 1 aliphatic heterocycles. The molecule has 2 heteroatoms. The Bertz CT molecular complexity index is 1090. The average molecular weight is 387 g/mol. The maximum Gasteiger partial charge on any atom is 0.0467 e. The van der Waals surface area contributed by atoms with Crippen LogP contribution < -0.4 is 0 Å². The quantitative estimate of drug-likeness (QED) is 0.407. The Morgan fingerprint density at radius 3 is 1.70 bits per heavy atom.